The third-order valence-corrected chi connectivity index (χ3v) is 5.76. The second-order valence-corrected chi connectivity index (χ2v) is 8.46. The van der Waals surface area contributed by atoms with Crippen molar-refractivity contribution >= 4 is 28.4 Å². The molecule has 3 aromatic rings. The summed E-state index contributed by atoms with van der Waals surface area (Å²) in [5.41, 5.74) is 1.82. The van der Waals surface area contributed by atoms with Crippen LogP contribution < -0.4 is 5.32 Å². The van der Waals surface area contributed by atoms with Crippen LogP contribution >= 0.6 is 0 Å². The van der Waals surface area contributed by atoms with E-state index in [1.165, 1.54) is 0 Å². The maximum Gasteiger partial charge on any atom is 0.322 e. The van der Waals surface area contributed by atoms with Crippen LogP contribution in [0.15, 0.2) is 60.8 Å². The van der Waals surface area contributed by atoms with Gasteiger partial charge in [0, 0.05) is 36.9 Å². The Morgan fingerprint density at radius 3 is 2.47 bits per heavy atom. The number of carbonyl (C=O) groups excluding carboxylic acids is 2. The monoisotopic (exact) mass is 434 g/mol. The van der Waals surface area contributed by atoms with Crippen LogP contribution in [-0.2, 0) is 18.4 Å². The second-order valence-electron chi connectivity index (χ2n) is 8.46. The molecule has 6 heteroatoms. The normalized spacial score (nSPS) is 11.0. The molecule has 1 N–H and O–H groups in total. The van der Waals surface area contributed by atoms with Gasteiger partial charge in [0.05, 0.1) is 12.2 Å². The summed E-state index contributed by atoms with van der Waals surface area (Å²) in [4.78, 5) is 29.9. The standard InChI is InChI=1S/C26H34N4O2/c1-5-6-17-29(18-22-13-10-16-28(22)4)25(31)19-30(20(2)3)26(32)27-24-15-9-12-21-11-7-8-14-23(21)24/h7-16,20H,5-6,17-19H2,1-4H3,(H,27,32). The molecule has 0 atom stereocenters. The molecule has 3 amide bonds. The highest BCUT2D eigenvalue weighted by atomic mass is 16.2. The number of carbonyl (C=O) groups is 2. The number of amides is 3. The predicted octanol–water partition coefficient (Wildman–Crippen LogP) is 5.25. The van der Waals surface area contributed by atoms with Crippen molar-refractivity contribution in [1.82, 2.24) is 14.4 Å². The van der Waals surface area contributed by atoms with Crippen molar-refractivity contribution in [2.75, 3.05) is 18.4 Å². The van der Waals surface area contributed by atoms with Crippen molar-refractivity contribution in [3.63, 3.8) is 0 Å². The van der Waals surface area contributed by atoms with Gasteiger partial charge in [-0.25, -0.2) is 4.79 Å². The molecule has 2 aromatic carbocycles. The molecule has 0 aliphatic rings. The first-order valence-electron chi connectivity index (χ1n) is 11.3. The second kappa shape index (κ2) is 10.8. The quantitative estimate of drug-likeness (QED) is 0.500. The van der Waals surface area contributed by atoms with Crippen LogP contribution in [0.4, 0.5) is 10.5 Å². The van der Waals surface area contributed by atoms with Gasteiger partial charge in [0.15, 0.2) is 0 Å². The van der Waals surface area contributed by atoms with Gasteiger partial charge in [-0.15, -0.1) is 0 Å². The van der Waals surface area contributed by atoms with Crippen LogP contribution in [0.2, 0.25) is 0 Å². The molecule has 0 bridgehead atoms. The van der Waals surface area contributed by atoms with Crippen LogP contribution in [0, 0.1) is 0 Å². The van der Waals surface area contributed by atoms with Crippen molar-refractivity contribution in [2.45, 2.75) is 46.2 Å². The maximum absolute atomic E-state index is 13.3. The highest BCUT2D eigenvalue weighted by molar-refractivity contribution is 6.02. The summed E-state index contributed by atoms with van der Waals surface area (Å²) in [5, 5.41) is 5.06. The van der Waals surface area contributed by atoms with E-state index in [1.54, 1.807) is 4.90 Å². The number of hydrogen-bond donors (Lipinski definition) is 1. The summed E-state index contributed by atoms with van der Waals surface area (Å²) in [6.45, 7) is 7.25. The Hall–Kier alpha value is -3.28. The third kappa shape index (κ3) is 5.69. The van der Waals surface area contributed by atoms with Crippen molar-refractivity contribution in [3.05, 3.63) is 66.5 Å². The van der Waals surface area contributed by atoms with Crippen LogP contribution in [-0.4, -0.2) is 45.4 Å². The zero-order chi connectivity index (χ0) is 23.1. The van der Waals surface area contributed by atoms with Crippen LogP contribution in [0.3, 0.4) is 0 Å². The fraction of sp³-hybridized carbons (Fsp3) is 0.385. The number of aromatic nitrogens is 1. The zero-order valence-electron chi connectivity index (χ0n) is 19.5. The fourth-order valence-corrected chi connectivity index (χ4v) is 3.75. The number of anilines is 1. The van der Waals surface area contributed by atoms with E-state index < -0.39 is 0 Å². The minimum atomic E-state index is -0.265. The number of benzene rings is 2. The number of rotatable bonds is 9. The molecule has 0 aliphatic carbocycles. The van der Waals surface area contributed by atoms with Gasteiger partial charge in [-0.3, -0.25) is 4.79 Å². The average molecular weight is 435 g/mol. The van der Waals surface area contributed by atoms with Gasteiger partial charge in [-0.05, 0) is 43.9 Å². The van der Waals surface area contributed by atoms with E-state index in [9.17, 15) is 9.59 Å². The SMILES string of the molecule is CCCCN(Cc1cccn1C)C(=O)CN(C(=O)Nc1cccc2ccccc12)C(C)C. The molecule has 0 saturated carbocycles. The van der Waals surface area contributed by atoms with E-state index in [0.717, 1.165) is 35.0 Å². The van der Waals surface area contributed by atoms with Crippen molar-refractivity contribution in [3.8, 4) is 0 Å². The Bertz CT molecular complexity index is 1050. The number of aryl methyl sites for hydroxylation is 1. The van der Waals surface area contributed by atoms with Gasteiger partial charge >= 0.3 is 6.03 Å². The van der Waals surface area contributed by atoms with Gasteiger partial charge in [-0.2, -0.15) is 0 Å². The minimum absolute atomic E-state index is 0.0404. The molecule has 170 valence electrons. The first-order chi connectivity index (χ1) is 15.4. The Morgan fingerprint density at radius 1 is 1.03 bits per heavy atom. The summed E-state index contributed by atoms with van der Waals surface area (Å²) in [7, 11) is 1.98. The van der Waals surface area contributed by atoms with Crippen LogP contribution in [0.1, 0.15) is 39.3 Å². The van der Waals surface area contributed by atoms with E-state index >= 15 is 0 Å². The van der Waals surface area contributed by atoms with Gasteiger partial charge < -0.3 is 19.7 Å². The molecule has 3 rings (SSSR count). The maximum atomic E-state index is 13.3. The van der Waals surface area contributed by atoms with E-state index in [4.69, 9.17) is 0 Å². The third-order valence-electron chi connectivity index (χ3n) is 5.76. The Kier molecular flexibility index (Phi) is 7.92. The molecule has 0 saturated heterocycles. The van der Waals surface area contributed by atoms with Crippen LogP contribution in [0.5, 0.6) is 0 Å². The molecule has 32 heavy (non-hydrogen) atoms. The van der Waals surface area contributed by atoms with Crippen molar-refractivity contribution in [1.29, 1.82) is 0 Å². The summed E-state index contributed by atoms with van der Waals surface area (Å²) in [6.07, 6.45) is 3.92. The summed E-state index contributed by atoms with van der Waals surface area (Å²) < 4.78 is 2.03. The van der Waals surface area contributed by atoms with Gasteiger partial charge in [-0.1, -0.05) is 49.7 Å². The first kappa shape index (κ1) is 23.4. The highest BCUT2D eigenvalue weighted by Gasteiger charge is 2.24. The lowest BCUT2D eigenvalue weighted by molar-refractivity contribution is -0.132. The lowest BCUT2D eigenvalue weighted by Gasteiger charge is -2.30. The number of unbranched alkanes of at least 4 members (excludes halogenated alkanes) is 1. The molecule has 0 spiro atoms. The van der Waals surface area contributed by atoms with E-state index in [-0.39, 0.29) is 24.5 Å². The molecular formula is C26H34N4O2. The topological polar surface area (TPSA) is 57.6 Å². The average Bonchev–Trinajstić information content (AvgIpc) is 3.19. The number of hydrogen-bond acceptors (Lipinski definition) is 2. The van der Waals surface area contributed by atoms with E-state index in [0.29, 0.717) is 13.1 Å². The number of fused-ring (bicyclic) bond motifs is 1. The molecule has 6 nitrogen and oxygen atoms in total. The smallest absolute Gasteiger partial charge is 0.322 e. The zero-order valence-corrected chi connectivity index (χ0v) is 19.5. The lowest BCUT2D eigenvalue weighted by Crippen LogP contribution is -2.47. The Morgan fingerprint density at radius 2 is 1.78 bits per heavy atom. The highest BCUT2D eigenvalue weighted by Crippen LogP contribution is 2.23. The fourth-order valence-electron chi connectivity index (χ4n) is 3.75. The molecule has 1 heterocycles. The summed E-state index contributed by atoms with van der Waals surface area (Å²) in [5.74, 6) is -0.0404. The summed E-state index contributed by atoms with van der Waals surface area (Å²) in [6, 6.07) is 17.4. The molecule has 0 radical (unpaired) electrons. The van der Waals surface area contributed by atoms with E-state index in [2.05, 4.69) is 12.2 Å². The van der Waals surface area contributed by atoms with E-state index in [1.807, 2.05) is 91.2 Å². The molecule has 1 aromatic heterocycles. The minimum Gasteiger partial charge on any atom is -0.353 e. The molecule has 0 fully saturated rings. The lowest BCUT2D eigenvalue weighted by atomic mass is 10.1. The molecule has 0 unspecified atom stereocenters. The number of urea groups is 1. The van der Waals surface area contributed by atoms with Gasteiger partial charge in [0.1, 0.15) is 6.54 Å². The molecular weight excluding hydrogens is 400 g/mol. The Balaban J connectivity index is 1.75. The first-order valence-corrected chi connectivity index (χ1v) is 11.3. The Labute approximate surface area is 190 Å². The van der Waals surface area contributed by atoms with Crippen molar-refractivity contribution in [2.24, 2.45) is 7.05 Å². The predicted molar refractivity (Wildman–Crippen MR) is 131 cm³/mol. The number of nitrogens with one attached hydrogen (secondary N) is 1. The van der Waals surface area contributed by atoms with Crippen LogP contribution in [0.25, 0.3) is 10.8 Å². The molecule has 0 aliphatic heterocycles. The van der Waals surface area contributed by atoms with Gasteiger partial charge in [0.2, 0.25) is 5.91 Å². The summed E-state index contributed by atoms with van der Waals surface area (Å²) >= 11 is 0. The largest absolute Gasteiger partial charge is 0.353 e. The van der Waals surface area contributed by atoms with Gasteiger partial charge in [0.25, 0.3) is 0 Å². The van der Waals surface area contributed by atoms with Crippen molar-refractivity contribution < 1.29 is 9.59 Å². The number of nitrogens with zero attached hydrogens (tertiary/aromatic N) is 3.